The van der Waals surface area contributed by atoms with Gasteiger partial charge in [0.15, 0.2) is 0 Å². The van der Waals surface area contributed by atoms with E-state index in [0.29, 0.717) is 0 Å². The van der Waals surface area contributed by atoms with E-state index in [2.05, 4.69) is 0 Å². The largest absolute Gasteiger partial charge is 3.00 e. The molecule has 0 unspecified atom stereocenters. The van der Waals surface area contributed by atoms with Crippen molar-refractivity contribution < 1.29 is 531 Å². The van der Waals surface area contributed by atoms with Crippen LogP contribution in [0.5, 0.6) is 0 Å². The molecule has 0 saturated carbocycles. The topological polar surface area (TPSA) is 2760 Å². The molecule has 0 atom stereocenters. The van der Waals surface area contributed by atoms with Gasteiger partial charge < -0.3 is 531 Å². The van der Waals surface area contributed by atoms with Gasteiger partial charge in [0.1, 0.15) is 0 Å². The van der Waals surface area contributed by atoms with Crippen LogP contribution in [-0.2, 0) is 531 Å². The van der Waals surface area contributed by atoms with Crippen LogP contribution in [0.15, 0.2) is 0 Å². The first-order chi connectivity index (χ1) is 0. The summed E-state index contributed by atoms with van der Waals surface area (Å²) in [6.45, 7) is 0. The number of hydrogen-bond acceptors (Lipinski definition) is 0. The molecule has 0 aromatic rings. The molecule has 0 aromatic heterocycles. The molecule has 0 N–H and O–H groups in total. The molecule has 0 aliphatic heterocycles. The summed E-state index contributed by atoms with van der Waals surface area (Å²) in [6, 6.07) is 0. The Bertz CT molecular complexity index is 93.7. The van der Waals surface area contributed by atoms with Crippen LogP contribution in [0.3, 0.4) is 0 Å². The van der Waals surface area contributed by atoms with Gasteiger partial charge in [-0.2, -0.15) is 0 Å². The third-order valence-corrected chi connectivity index (χ3v) is 0. The standard InChI is InChI=1S/27Bi.97O/q27*+3;97*-2. The summed E-state index contributed by atoms with van der Waals surface area (Å²) in [5.41, 5.74) is 0. The molecule has 124 heavy (non-hydrogen) atoms. The summed E-state index contributed by atoms with van der Waals surface area (Å²) in [6.07, 6.45) is 0. The summed E-state index contributed by atoms with van der Waals surface area (Å²) in [7, 11) is 0. The molecule has 0 aliphatic carbocycles. The molecule has 0 spiro atoms. The molecule has 0 amide bonds. The van der Waals surface area contributed by atoms with E-state index in [0.717, 1.165) is 0 Å². The van der Waals surface area contributed by atoms with Crippen molar-refractivity contribution in [2.45, 2.75) is 0 Å². The van der Waals surface area contributed by atoms with E-state index in [1.165, 1.54) is 0 Å². The second kappa shape index (κ2) is 7230. The van der Waals surface area contributed by atoms with E-state index in [-0.39, 0.29) is 1240 Å². The summed E-state index contributed by atoms with van der Waals surface area (Å²) >= 11 is 0. The predicted molar refractivity (Wildman–Crippen MR) is 222 cm³/mol. The van der Waals surface area contributed by atoms with Crippen molar-refractivity contribution in [3.8, 4) is 0 Å². The van der Waals surface area contributed by atoms with Gasteiger partial charge in [-0.3, -0.25) is 0 Å². The minimum atomic E-state index is 0. The van der Waals surface area contributed by atoms with Crippen LogP contribution in [0, 0.1) is 0 Å². The van der Waals surface area contributed by atoms with Gasteiger partial charge >= 0.3 is 707 Å². The average molecular weight is 7190 g/mol. The van der Waals surface area contributed by atoms with Crippen molar-refractivity contribution >= 4 is 707 Å². The Hall–Kier alpha value is 20.0. The van der Waals surface area contributed by atoms with Crippen molar-refractivity contribution in [3.63, 3.8) is 0 Å². The number of hydrogen-bond donors (Lipinski definition) is 0. The molecular weight excluding hydrogens is 7190 g/mol. The van der Waals surface area contributed by atoms with Crippen molar-refractivity contribution in [1.29, 1.82) is 0 Å². The van der Waals surface area contributed by atoms with Gasteiger partial charge in [0, 0.05) is 0 Å². The number of rotatable bonds is 0. The Labute approximate surface area is 1210 Å². The molecule has 0 bridgehead atoms. The van der Waals surface area contributed by atoms with Gasteiger partial charge in [0.05, 0.1) is 0 Å². The van der Waals surface area contributed by atoms with Gasteiger partial charge in [-0.05, 0) is 0 Å². The zero-order valence-corrected chi connectivity index (χ0v) is 146. The van der Waals surface area contributed by atoms with Crippen LogP contribution in [0.1, 0.15) is 0 Å². The molecule has 0 heterocycles. The zero-order chi connectivity index (χ0) is 0. The van der Waals surface area contributed by atoms with Crippen LogP contribution in [0.2, 0.25) is 0 Å². The van der Waals surface area contributed by atoms with Crippen molar-refractivity contribution in [3.05, 3.63) is 0 Å². The smallest absolute Gasteiger partial charge is 2.00 e. The first kappa shape index (κ1) is 7380. The van der Waals surface area contributed by atoms with E-state index < -0.39 is 0 Å². The Balaban J connectivity index is 0. The predicted octanol–water partition coefficient (Wildman–Crippen LogP) is -21.8. The molecule has 0 aromatic carbocycles. The van der Waals surface area contributed by atoms with Crippen molar-refractivity contribution in [2.24, 2.45) is 0 Å². The van der Waals surface area contributed by atoms with E-state index in [1.54, 1.807) is 0 Å². The first-order valence-electron chi connectivity index (χ1n) is 0. The monoisotopic (exact) mass is 7190 g/mol. The second-order valence-electron chi connectivity index (χ2n) is 0. The minimum absolute atomic E-state index is 0. The fraction of sp³-hybridized carbons (Fsp3) is 0. The van der Waals surface area contributed by atoms with Gasteiger partial charge in [0.25, 0.3) is 0 Å². The third kappa shape index (κ3) is 7080. The maximum atomic E-state index is 0. The molecule has 97 nitrogen and oxygen atoms in total. The molecule has 124 heteroatoms. The summed E-state index contributed by atoms with van der Waals surface area (Å²) in [5, 5.41) is 0. The van der Waals surface area contributed by atoms with Crippen LogP contribution >= 0.6 is 0 Å². The SMILES string of the molecule is [Bi+3].[Bi+3].[Bi+3].[Bi+3].[Bi+3].[Bi+3].[Bi+3].[Bi+3].[Bi+3].[Bi+3].[Bi+3].[Bi+3].[Bi+3].[Bi+3].[Bi+3].[Bi+3].[Bi+3].[Bi+3].[Bi+3].[Bi+3].[Bi+3].[Bi+3].[Bi+3].[Bi+3].[Bi+3].[Bi+3].[Bi+3].[O-2].[O-2].[O-2].[O-2].[O-2].[O-2].[O-2].[O-2].[O-2].[O-2].[O-2].[O-2].[O-2].[O-2].[O-2].[O-2].[O-2].[O-2].[O-2].[O-2].[O-2].[O-2].[O-2].[O-2].[O-2].[O-2].[O-2].[O-2].[O-2].[O-2].[O-2].[O-2].[O-2].[O-2].[O-2].[O-2].[O-2].[O-2].[O-2].[O-2].[O-2].[O-2].[O-2].[O-2].[O-2].[O-2].[O-2].[O-2].[O-2].[O-2].[O-2].[O-2].[O-2].[O-2].[O-2].[O-2].[O-2].[O-2].[O-2].[O-2].[O-2].[O-2].[O-2].[O-2].[O-2].[O-2].[O-2].[O-2].[O-2].[O-2].[O-2].[O-2].[O-2].[O-2].[O-2].[O-2].[O-2].[O-2].[O-2].[O-2].[O-2].[O-2].[O-2].[O-2].[O-2].[O-2].[O-2].[O-2].[O-2].[O-2].[O-2].[O-2].[O-2].[O-2].[O-2].[O-2].[O-2]. The molecule has 830 valence electrons. The van der Waals surface area contributed by atoms with E-state index >= 15 is 0 Å². The summed E-state index contributed by atoms with van der Waals surface area (Å²) in [4.78, 5) is 0. The van der Waals surface area contributed by atoms with Gasteiger partial charge in [-0.15, -0.1) is 0 Å². The Morgan fingerprint density at radius 1 is 0.0161 bits per heavy atom. The van der Waals surface area contributed by atoms with Crippen LogP contribution in [0.4, 0.5) is 0 Å². The zero-order valence-electron chi connectivity index (χ0n) is 51.7. The van der Waals surface area contributed by atoms with E-state index in [1.807, 2.05) is 0 Å². The maximum Gasteiger partial charge on any atom is 3.00 e. The second-order valence-corrected chi connectivity index (χ2v) is 0. The quantitative estimate of drug-likeness (QED) is 0.204. The van der Waals surface area contributed by atoms with Crippen LogP contribution < -0.4 is 0 Å². The molecule has 54 radical (unpaired) electrons. The molecule has 0 rings (SSSR count). The summed E-state index contributed by atoms with van der Waals surface area (Å²) < 4.78 is 0. The van der Waals surface area contributed by atoms with Gasteiger partial charge in [-0.25, -0.2) is 0 Å². The molecular formula is Bi27O97-113. The molecule has 0 fully saturated rings. The van der Waals surface area contributed by atoms with Crippen LogP contribution in [0.25, 0.3) is 0 Å². The molecule has 0 aliphatic rings. The Kier molecular flexibility index (Phi) is 430000. The van der Waals surface area contributed by atoms with Crippen molar-refractivity contribution in [1.82, 2.24) is 0 Å². The first-order valence-corrected chi connectivity index (χ1v) is 0. The Morgan fingerprint density at radius 2 is 0.0161 bits per heavy atom. The fourth-order valence-corrected chi connectivity index (χ4v) is 0. The van der Waals surface area contributed by atoms with Crippen molar-refractivity contribution in [2.75, 3.05) is 0 Å². The Morgan fingerprint density at radius 3 is 0.0161 bits per heavy atom. The van der Waals surface area contributed by atoms with Crippen LogP contribution in [-0.4, -0.2) is 707 Å². The maximum absolute atomic E-state index is 0. The molecule has 0 saturated heterocycles. The summed E-state index contributed by atoms with van der Waals surface area (Å²) in [5.74, 6) is 0. The van der Waals surface area contributed by atoms with Gasteiger partial charge in [-0.1, -0.05) is 0 Å². The minimum Gasteiger partial charge on any atom is -2.00 e. The normalized spacial score (nSPS) is 0. The van der Waals surface area contributed by atoms with Gasteiger partial charge in [0.2, 0.25) is 0 Å². The third-order valence-electron chi connectivity index (χ3n) is 0. The average Bonchev–Trinajstić information content (AvgIpc) is 0. The van der Waals surface area contributed by atoms with E-state index in [4.69, 9.17) is 0 Å². The van der Waals surface area contributed by atoms with E-state index in [9.17, 15) is 0 Å². The fourth-order valence-electron chi connectivity index (χ4n) is 0.